The maximum atomic E-state index is 13.2. The maximum Gasteiger partial charge on any atom is 0.259 e. The molecule has 4 heterocycles. The van der Waals surface area contributed by atoms with Gasteiger partial charge in [-0.05, 0) is 38.8 Å². The normalized spacial score (nSPS) is 16.4. The number of hydrogen-bond donors (Lipinski definition) is 0. The second-order valence-electron chi connectivity index (χ2n) is 6.75. The molecule has 0 aromatic carbocycles. The number of hydrogen-bond acceptors (Lipinski definition) is 7. The van der Waals surface area contributed by atoms with Crippen molar-refractivity contribution in [2.24, 2.45) is 0 Å². The summed E-state index contributed by atoms with van der Waals surface area (Å²) in [5.41, 5.74) is 3.52. The second kappa shape index (κ2) is 7.38. The summed E-state index contributed by atoms with van der Waals surface area (Å²) in [5, 5.41) is 3.99. The molecule has 0 aliphatic carbocycles. The molecule has 28 heavy (non-hydrogen) atoms. The number of rotatable bonds is 4. The van der Waals surface area contributed by atoms with E-state index < -0.39 is 0 Å². The largest absolute Gasteiger partial charge is 0.480 e. The molecule has 8 nitrogen and oxygen atoms in total. The van der Waals surface area contributed by atoms with E-state index in [9.17, 15) is 4.79 Å². The Morgan fingerprint density at radius 1 is 1.32 bits per heavy atom. The fourth-order valence-electron chi connectivity index (χ4n) is 3.70. The van der Waals surface area contributed by atoms with Crippen LogP contribution >= 0.6 is 0 Å². The second-order valence-corrected chi connectivity index (χ2v) is 6.75. The average Bonchev–Trinajstić information content (AvgIpc) is 3.34. The summed E-state index contributed by atoms with van der Waals surface area (Å²) in [7, 11) is 1.51. The van der Waals surface area contributed by atoms with Crippen LogP contribution in [0.3, 0.4) is 0 Å². The molecule has 1 aliphatic heterocycles. The predicted octanol–water partition coefficient (Wildman–Crippen LogP) is 3.13. The number of ether oxygens (including phenoxy) is 1. The van der Waals surface area contributed by atoms with E-state index in [4.69, 9.17) is 14.2 Å². The Morgan fingerprint density at radius 2 is 2.18 bits per heavy atom. The highest BCUT2D eigenvalue weighted by Gasteiger charge is 2.33. The molecule has 1 saturated heterocycles. The molecule has 0 unspecified atom stereocenters. The first-order chi connectivity index (χ1) is 13.6. The quantitative estimate of drug-likeness (QED) is 0.687. The van der Waals surface area contributed by atoms with Crippen LogP contribution in [0.5, 0.6) is 5.88 Å². The summed E-state index contributed by atoms with van der Waals surface area (Å²) in [6.45, 7) is 4.38. The first-order valence-electron chi connectivity index (χ1n) is 9.15. The van der Waals surface area contributed by atoms with E-state index in [1.54, 1.807) is 30.7 Å². The third-order valence-corrected chi connectivity index (χ3v) is 4.99. The van der Waals surface area contributed by atoms with Gasteiger partial charge in [0.25, 0.3) is 5.91 Å². The van der Waals surface area contributed by atoms with Gasteiger partial charge in [-0.1, -0.05) is 5.16 Å². The minimum absolute atomic E-state index is 0.114. The van der Waals surface area contributed by atoms with Crippen LogP contribution in [0.15, 0.2) is 35.2 Å². The molecule has 0 bridgehead atoms. The molecule has 1 fully saturated rings. The number of pyridine rings is 1. The van der Waals surface area contributed by atoms with Crippen LogP contribution in [-0.4, -0.2) is 44.6 Å². The van der Waals surface area contributed by atoms with Crippen LogP contribution in [0.25, 0.3) is 11.3 Å². The summed E-state index contributed by atoms with van der Waals surface area (Å²) < 4.78 is 10.5. The van der Waals surface area contributed by atoms with E-state index >= 15 is 0 Å². The number of carbonyl (C=O) groups excluding carboxylic acids is 1. The van der Waals surface area contributed by atoms with Crippen molar-refractivity contribution in [3.05, 3.63) is 53.4 Å². The van der Waals surface area contributed by atoms with Gasteiger partial charge in [-0.25, -0.2) is 9.97 Å². The van der Waals surface area contributed by atoms with Crippen molar-refractivity contribution in [1.29, 1.82) is 0 Å². The Kier molecular flexibility index (Phi) is 4.77. The van der Waals surface area contributed by atoms with E-state index in [2.05, 4.69) is 15.1 Å². The Balaban J connectivity index is 1.68. The lowest BCUT2D eigenvalue weighted by Gasteiger charge is -2.25. The van der Waals surface area contributed by atoms with Crippen LogP contribution in [0, 0.1) is 13.8 Å². The summed E-state index contributed by atoms with van der Waals surface area (Å²) in [6, 6.07) is 3.32. The van der Waals surface area contributed by atoms with Crippen molar-refractivity contribution in [3.8, 4) is 17.1 Å². The number of nitrogens with zero attached hydrogens (tertiary/aromatic N) is 5. The summed E-state index contributed by atoms with van der Waals surface area (Å²) in [5.74, 6) is 0.911. The highest BCUT2D eigenvalue weighted by Crippen LogP contribution is 2.34. The fourth-order valence-corrected chi connectivity index (χ4v) is 3.70. The third-order valence-electron chi connectivity index (χ3n) is 4.99. The van der Waals surface area contributed by atoms with Crippen LogP contribution in [0.1, 0.15) is 46.4 Å². The van der Waals surface area contributed by atoms with Gasteiger partial charge in [-0.15, -0.1) is 0 Å². The third kappa shape index (κ3) is 3.11. The minimum atomic E-state index is -0.148. The zero-order valence-corrected chi connectivity index (χ0v) is 16.0. The van der Waals surface area contributed by atoms with Crippen LogP contribution in [0.4, 0.5) is 0 Å². The molecule has 144 valence electrons. The van der Waals surface area contributed by atoms with Crippen LogP contribution in [-0.2, 0) is 0 Å². The monoisotopic (exact) mass is 379 g/mol. The SMILES string of the molecule is COc1ncccc1C(=O)N1CCC[C@H]1c1cncc(-c2c(C)noc2C)n1. The van der Waals surface area contributed by atoms with Gasteiger partial charge in [0, 0.05) is 12.7 Å². The lowest BCUT2D eigenvalue weighted by Crippen LogP contribution is -2.31. The molecule has 0 radical (unpaired) electrons. The number of aryl methyl sites for hydroxylation is 2. The van der Waals surface area contributed by atoms with E-state index in [0.29, 0.717) is 29.4 Å². The highest BCUT2D eigenvalue weighted by molar-refractivity contribution is 5.96. The van der Waals surface area contributed by atoms with Crippen LogP contribution in [0.2, 0.25) is 0 Å². The van der Waals surface area contributed by atoms with Crippen molar-refractivity contribution < 1.29 is 14.1 Å². The van der Waals surface area contributed by atoms with Gasteiger partial charge in [0.2, 0.25) is 5.88 Å². The predicted molar refractivity (Wildman–Crippen MR) is 101 cm³/mol. The molecule has 1 aliphatic rings. The standard InChI is InChI=1S/C20H21N5O3/c1-12-18(13(2)28-24-12)16-11-21-10-15(23-16)17-7-5-9-25(17)20(26)14-6-4-8-22-19(14)27-3/h4,6,8,10-11,17H,5,7,9H2,1-3H3/t17-/m0/s1. The summed E-state index contributed by atoms with van der Waals surface area (Å²) >= 11 is 0. The van der Waals surface area contributed by atoms with Crippen molar-refractivity contribution >= 4 is 5.91 Å². The molecule has 1 amide bonds. The Morgan fingerprint density at radius 3 is 2.93 bits per heavy atom. The van der Waals surface area contributed by atoms with Crippen molar-refractivity contribution in [2.75, 3.05) is 13.7 Å². The van der Waals surface area contributed by atoms with E-state index in [-0.39, 0.29) is 11.9 Å². The molecule has 0 saturated carbocycles. The van der Waals surface area contributed by atoms with Gasteiger partial charge in [-0.3, -0.25) is 9.78 Å². The van der Waals surface area contributed by atoms with Crippen LogP contribution < -0.4 is 4.74 Å². The maximum absolute atomic E-state index is 13.2. The lowest BCUT2D eigenvalue weighted by molar-refractivity contribution is 0.0728. The van der Waals surface area contributed by atoms with E-state index in [1.165, 1.54) is 7.11 Å². The first-order valence-corrected chi connectivity index (χ1v) is 9.15. The van der Waals surface area contributed by atoms with E-state index in [0.717, 1.165) is 29.8 Å². The number of methoxy groups -OCH3 is 1. The van der Waals surface area contributed by atoms with Crippen molar-refractivity contribution in [1.82, 2.24) is 25.0 Å². The molecule has 0 spiro atoms. The zero-order chi connectivity index (χ0) is 19.7. The van der Waals surface area contributed by atoms with Gasteiger partial charge in [0.15, 0.2) is 0 Å². The average molecular weight is 379 g/mol. The number of amides is 1. The molecule has 8 heteroatoms. The van der Waals surface area contributed by atoms with Gasteiger partial charge in [0.1, 0.15) is 11.3 Å². The Bertz CT molecular complexity index is 997. The van der Waals surface area contributed by atoms with Crippen molar-refractivity contribution in [2.45, 2.75) is 32.7 Å². The summed E-state index contributed by atoms with van der Waals surface area (Å²) in [4.78, 5) is 28.3. The zero-order valence-electron chi connectivity index (χ0n) is 16.0. The molecule has 4 rings (SSSR count). The first kappa shape index (κ1) is 18.1. The Labute approximate surface area is 162 Å². The molecular formula is C20H21N5O3. The Hall–Kier alpha value is -3.29. The smallest absolute Gasteiger partial charge is 0.259 e. The van der Waals surface area contributed by atoms with Gasteiger partial charge < -0.3 is 14.2 Å². The molecule has 3 aromatic rings. The molecule has 3 aromatic heterocycles. The topological polar surface area (TPSA) is 94.2 Å². The van der Waals surface area contributed by atoms with Gasteiger partial charge in [-0.2, -0.15) is 0 Å². The molecule has 1 atom stereocenters. The number of likely N-dealkylation sites (tertiary alicyclic amines) is 1. The molecule has 0 N–H and O–H groups in total. The molecular weight excluding hydrogens is 358 g/mol. The van der Waals surface area contributed by atoms with Gasteiger partial charge >= 0.3 is 0 Å². The number of aromatic nitrogens is 4. The minimum Gasteiger partial charge on any atom is -0.480 e. The highest BCUT2D eigenvalue weighted by atomic mass is 16.5. The lowest BCUT2D eigenvalue weighted by atomic mass is 10.1. The van der Waals surface area contributed by atoms with Crippen molar-refractivity contribution in [3.63, 3.8) is 0 Å². The summed E-state index contributed by atoms with van der Waals surface area (Å²) in [6.07, 6.45) is 6.75. The van der Waals surface area contributed by atoms with Gasteiger partial charge in [0.05, 0.1) is 48.2 Å². The fraction of sp³-hybridized carbons (Fsp3) is 0.350. The number of carbonyl (C=O) groups is 1. The van der Waals surface area contributed by atoms with E-state index in [1.807, 2.05) is 18.7 Å².